The quantitative estimate of drug-likeness (QED) is 0.823. The summed E-state index contributed by atoms with van der Waals surface area (Å²) in [6.45, 7) is 0.543. The fraction of sp³-hybridized carbons (Fsp3) is 0.357. The Balaban J connectivity index is 1.82. The maximum atomic E-state index is 11.3. The van der Waals surface area contributed by atoms with Crippen LogP contribution in [0.25, 0.3) is 0 Å². The highest BCUT2D eigenvalue weighted by Gasteiger charge is 2.12. The van der Waals surface area contributed by atoms with Crippen LogP contribution in [-0.4, -0.2) is 42.3 Å². The molecule has 1 aromatic heterocycles. The van der Waals surface area contributed by atoms with Crippen molar-refractivity contribution in [1.82, 2.24) is 9.78 Å². The third kappa shape index (κ3) is 4.81. The van der Waals surface area contributed by atoms with Crippen molar-refractivity contribution < 1.29 is 18.3 Å². The molecule has 2 rings (SSSR count). The molecule has 0 fully saturated rings. The minimum absolute atomic E-state index is 0.0965. The van der Waals surface area contributed by atoms with E-state index in [4.69, 9.17) is 16.3 Å². The molecule has 1 heterocycles. The first kappa shape index (κ1) is 17.0. The zero-order valence-electron chi connectivity index (χ0n) is 12.0. The van der Waals surface area contributed by atoms with Crippen LogP contribution in [0.5, 0.6) is 0 Å². The van der Waals surface area contributed by atoms with Crippen LogP contribution in [0.1, 0.15) is 5.56 Å². The summed E-state index contributed by atoms with van der Waals surface area (Å²) < 4.78 is 29.5. The van der Waals surface area contributed by atoms with Crippen molar-refractivity contribution in [3.05, 3.63) is 47.2 Å². The highest BCUT2D eigenvalue weighted by Crippen LogP contribution is 2.15. The molecule has 1 aromatic carbocycles. The van der Waals surface area contributed by atoms with Crippen LogP contribution in [-0.2, 0) is 27.7 Å². The maximum absolute atomic E-state index is 11.3. The maximum Gasteiger partial charge on any atom is 0.178 e. The number of benzene rings is 1. The van der Waals surface area contributed by atoms with Crippen molar-refractivity contribution in [2.24, 2.45) is 0 Å². The van der Waals surface area contributed by atoms with Crippen LogP contribution >= 0.6 is 11.6 Å². The van der Waals surface area contributed by atoms with Crippen LogP contribution < -0.4 is 0 Å². The lowest BCUT2D eigenvalue weighted by molar-refractivity contribution is 0.0187. The first-order chi connectivity index (χ1) is 10.4. The predicted octanol–water partition coefficient (Wildman–Crippen LogP) is 1.52. The third-order valence-electron chi connectivity index (χ3n) is 2.96. The van der Waals surface area contributed by atoms with Crippen molar-refractivity contribution in [1.29, 1.82) is 0 Å². The van der Waals surface area contributed by atoms with Crippen LogP contribution in [0, 0.1) is 0 Å². The van der Waals surface area contributed by atoms with E-state index in [0.717, 1.165) is 11.8 Å². The second-order valence-electron chi connectivity index (χ2n) is 4.93. The first-order valence-corrected chi connectivity index (χ1v) is 8.85. The summed E-state index contributed by atoms with van der Waals surface area (Å²) in [4.78, 5) is 0.122. The number of hydrogen-bond donors (Lipinski definition) is 1. The number of aromatic nitrogens is 2. The Bertz CT molecular complexity index is 730. The van der Waals surface area contributed by atoms with E-state index in [1.807, 2.05) is 18.2 Å². The molecule has 0 aliphatic heterocycles. The average molecular weight is 345 g/mol. The summed E-state index contributed by atoms with van der Waals surface area (Å²) in [5.41, 5.74) is 0.842. The summed E-state index contributed by atoms with van der Waals surface area (Å²) in [6.07, 6.45) is 2.95. The van der Waals surface area contributed by atoms with E-state index in [9.17, 15) is 13.5 Å². The van der Waals surface area contributed by atoms with Gasteiger partial charge < -0.3 is 9.84 Å². The Morgan fingerprint density at radius 3 is 2.77 bits per heavy atom. The number of aliphatic hydroxyl groups excluding tert-OH is 1. The van der Waals surface area contributed by atoms with Crippen molar-refractivity contribution >= 4 is 21.4 Å². The average Bonchev–Trinajstić information content (AvgIpc) is 2.89. The Labute approximate surface area is 134 Å². The Morgan fingerprint density at radius 1 is 1.41 bits per heavy atom. The molecule has 120 valence electrons. The van der Waals surface area contributed by atoms with Crippen LogP contribution in [0.15, 0.2) is 41.6 Å². The molecule has 22 heavy (non-hydrogen) atoms. The largest absolute Gasteiger partial charge is 0.389 e. The van der Waals surface area contributed by atoms with Gasteiger partial charge in [0.2, 0.25) is 0 Å². The van der Waals surface area contributed by atoms with E-state index in [1.165, 1.54) is 17.1 Å². The molecule has 8 heteroatoms. The first-order valence-electron chi connectivity index (χ1n) is 6.58. The van der Waals surface area contributed by atoms with Gasteiger partial charge in [0.05, 0.1) is 32.1 Å². The lowest BCUT2D eigenvalue weighted by atomic mass is 10.2. The normalized spacial score (nSPS) is 13.2. The minimum Gasteiger partial charge on any atom is -0.389 e. The Morgan fingerprint density at radius 2 is 2.14 bits per heavy atom. The van der Waals surface area contributed by atoms with Crippen molar-refractivity contribution in [3.63, 3.8) is 0 Å². The Kier molecular flexibility index (Phi) is 5.57. The van der Waals surface area contributed by atoms with Crippen LogP contribution in [0.2, 0.25) is 5.02 Å². The molecular weight excluding hydrogens is 328 g/mol. The van der Waals surface area contributed by atoms with Gasteiger partial charge in [-0.2, -0.15) is 5.10 Å². The molecule has 0 bridgehead atoms. The number of ether oxygens (including phenoxy) is 1. The summed E-state index contributed by atoms with van der Waals surface area (Å²) in [6, 6.07) is 7.31. The molecule has 0 saturated heterocycles. The van der Waals surface area contributed by atoms with Gasteiger partial charge in [0.15, 0.2) is 9.84 Å². The summed E-state index contributed by atoms with van der Waals surface area (Å²) >= 11 is 6.00. The smallest absolute Gasteiger partial charge is 0.178 e. The van der Waals surface area contributed by atoms with Gasteiger partial charge in [0, 0.05) is 17.5 Å². The van der Waals surface area contributed by atoms with Gasteiger partial charge in [-0.15, -0.1) is 0 Å². The van der Waals surface area contributed by atoms with Crippen molar-refractivity contribution in [3.8, 4) is 0 Å². The standard InChI is InChI=1S/C14H17ClN2O4S/c1-22(19,20)13-6-16-17(8-13)7-12(18)10-21-9-11-4-2-3-5-14(11)15/h2-6,8,12,18H,7,9-10H2,1H3. The van der Waals surface area contributed by atoms with Crippen LogP contribution in [0.3, 0.4) is 0 Å². The van der Waals surface area contributed by atoms with E-state index in [1.54, 1.807) is 6.07 Å². The van der Waals surface area contributed by atoms with Gasteiger partial charge in [-0.25, -0.2) is 8.42 Å². The van der Waals surface area contributed by atoms with E-state index < -0.39 is 15.9 Å². The monoisotopic (exact) mass is 344 g/mol. The second-order valence-corrected chi connectivity index (χ2v) is 7.35. The van der Waals surface area contributed by atoms with Gasteiger partial charge in [-0.3, -0.25) is 4.68 Å². The van der Waals surface area contributed by atoms with Gasteiger partial charge in [0.25, 0.3) is 0 Å². The molecular formula is C14H17ClN2O4S. The summed E-state index contributed by atoms with van der Waals surface area (Å²) in [5.74, 6) is 0. The van der Waals surface area contributed by atoms with E-state index in [0.29, 0.717) is 11.6 Å². The number of aliphatic hydroxyl groups is 1. The lowest BCUT2D eigenvalue weighted by Crippen LogP contribution is -2.22. The number of rotatable bonds is 7. The van der Waals surface area contributed by atoms with Gasteiger partial charge in [-0.05, 0) is 11.6 Å². The Hall–Kier alpha value is -1.41. The molecule has 0 radical (unpaired) electrons. The fourth-order valence-electron chi connectivity index (χ4n) is 1.82. The van der Waals surface area contributed by atoms with Gasteiger partial charge in [0.1, 0.15) is 4.90 Å². The minimum atomic E-state index is -3.29. The molecule has 0 aliphatic rings. The number of halogens is 1. The van der Waals surface area contributed by atoms with E-state index in [-0.39, 0.29) is 18.0 Å². The van der Waals surface area contributed by atoms with Gasteiger partial charge >= 0.3 is 0 Å². The summed E-state index contributed by atoms with van der Waals surface area (Å²) in [7, 11) is -3.29. The third-order valence-corrected chi connectivity index (χ3v) is 4.40. The molecule has 0 saturated carbocycles. The number of nitrogens with zero attached hydrogens (tertiary/aromatic N) is 2. The van der Waals surface area contributed by atoms with Crippen LogP contribution in [0.4, 0.5) is 0 Å². The van der Waals surface area contributed by atoms with Gasteiger partial charge in [-0.1, -0.05) is 29.8 Å². The fourth-order valence-corrected chi connectivity index (χ4v) is 2.57. The predicted molar refractivity (Wildman–Crippen MR) is 82.5 cm³/mol. The molecule has 0 aliphatic carbocycles. The molecule has 0 spiro atoms. The highest BCUT2D eigenvalue weighted by atomic mass is 35.5. The van der Waals surface area contributed by atoms with E-state index in [2.05, 4.69) is 5.10 Å². The summed E-state index contributed by atoms with van der Waals surface area (Å²) in [5, 5.41) is 14.4. The molecule has 6 nitrogen and oxygen atoms in total. The topological polar surface area (TPSA) is 81.4 Å². The van der Waals surface area contributed by atoms with Crippen molar-refractivity contribution in [2.45, 2.75) is 24.2 Å². The SMILES string of the molecule is CS(=O)(=O)c1cnn(CC(O)COCc2ccccc2Cl)c1. The number of sulfone groups is 1. The second kappa shape index (κ2) is 7.23. The zero-order chi connectivity index (χ0) is 16.2. The number of hydrogen-bond acceptors (Lipinski definition) is 5. The molecule has 1 unspecified atom stereocenters. The lowest BCUT2D eigenvalue weighted by Gasteiger charge is -2.12. The molecule has 0 amide bonds. The highest BCUT2D eigenvalue weighted by molar-refractivity contribution is 7.90. The molecule has 1 atom stereocenters. The van der Waals surface area contributed by atoms with E-state index >= 15 is 0 Å². The molecule has 2 aromatic rings. The van der Waals surface area contributed by atoms with Crippen molar-refractivity contribution in [2.75, 3.05) is 12.9 Å². The molecule has 1 N–H and O–H groups in total. The zero-order valence-corrected chi connectivity index (χ0v) is 13.6.